The van der Waals surface area contributed by atoms with Crippen molar-refractivity contribution in [2.45, 2.75) is 38.0 Å². The zero-order valence-electron chi connectivity index (χ0n) is 15.6. The SMILES string of the molecule is Cc1nccc(N2CCCC3(CCc4cnc(-c5ccccc5)nc43)C2)n1. The van der Waals surface area contributed by atoms with Gasteiger partial charge in [0.15, 0.2) is 5.82 Å². The second kappa shape index (κ2) is 6.41. The maximum Gasteiger partial charge on any atom is 0.159 e. The first-order chi connectivity index (χ1) is 13.2. The highest BCUT2D eigenvalue weighted by molar-refractivity contribution is 5.56. The van der Waals surface area contributed by atoms with Gasteiger partial charge in [-0.25, -0.2) is 19.9 Å². The Morgan fingerprint density at radius 3 is 2.74 bits per heavy atom. The van der Waals surface area contributed by atoms with Crippen molar-refractivity contribution in [1.29, 1.82) is 0 Å². The molecule has 5 nitrogen and oxygen atoms in total. The number of hydrogen-bond donors (Lipinski definition) is 0. The summed E-state index contributed by atoms with van der Waals surface area (Å²) in [6, 6.07) is 12.3. The molecule has 1 fully saturated rings. The Bertz CT molecular complexity index is 967. The van der Waals surface area contributed by atoms with Crippen LogP contribution in [0.25, 0.3) is 11.4 Å². The van der Waals surface area contributed by atoms with E-state index < -0.39 is 0 Å². The van der Waals surface area contributed by atoms with Crippen LogP contribution in [0.5, 0.6) is 0 Å². The van der Waals surface area contributed by atoms with Gasteiger partial charge in [-0.1, -0.05) is 30.3 Å². The van der Waals surface area contributed by atoms with Gasteiger partial charge < -0.3 is 4.90 Å². The molecule has 27 heavy (non-hydrogen) atoms. The summed E-state index contributed by atoms with van der Waals surface area (Å²) in [6.45, 7) is 3.97. The number of hydrogen-bond acceptors (Lipinski definition) is 5. The standard InChI is InChI=1S/C22H23N5/c1-16-23-12-9-19(25-16)27-13-5-10-22(15-27)11-8-18-14-24-21(26-20(18)22)17-6-3-2-4-7-17/h2-4,6-7,9,12,14H,5,8,10-11,13,15H2,1H3. The number of fused-ring (bicyclic) bond motifs is 2. The summed E-state index contributed by atoms with van der Waals surface area (Å²) in [6.07, 6.45) is 8.47. The van der Waals surface area contributed by atoms with Crippen molar-refractivity contribution in [2.24, 2.45) is 0 Å². The molecular weight excluding hydrogens is 334 g/mol. The van der Waals surface area contributed by atoms with E-state index in [9.17, 15) is 0 Å². The van der Waals surface area contributed by atoms with Gasteiger partial charge in [-0.2, -0.15) is 0 Å². The normalized spacial score (nSPS) is 21.4. The van der Waals surface area contributed by atoms with E-state index in [1.165, 1.54) is 17.7 Å². The van der Waals surface area contributed by atoms with E-state index in [4.69, 9.17) is 4.98 Å². The van der Waals surface area contributed by atoms with E-state index in [1.54, 1.807) is 0 Å². The first-order valence-corrected chi connectivity index (χ1v) is 9.70. The van der Waals surface area contributed by atoms with Crippen LogP contribution in [0.4, 0.5) is 5.82 Å². The average Bonchev–Trinajstić information content (AvgIpc) is 3.06. The lowest BCUT2D eigenvalue weighted by atomic mass is 9.77. The second-order valence-corrected chi connectivity index (χ2v) is 7.70. The zero-order valence-corrected chi connectivity index (χ0v) is 15.6. The molecule has 1 unspecified atom stereocenters. The molecule has 3 heterocycles. The monoisotopic (exact) mass is 357 g/mol. The Balaban J connectivity index is 1.51. The Kier molecular flexibility index (Phi) is 3.88. The lowest BCUT2D eigenvalue weighted by Gasteiger charge is -2.41. The fourth-order valence-corrected chi connectivity index (χ4v) is 4.61. The van der Waals surface area contributed by atoms with Crippen LogP contribution in [0.1, 0.15) is 36.3 Å². The Hall–Kier alpha value is -2.82. The van der Waals surface area contributed by atoms with Gasteiger partial charge in [-0.3, -0.25) is 0 Å². The maximum absolute atomic E-state index is 5.08. The molecule has 136 valence electrons. The Labute approximate surface area is 159 Å². The van der Waals surface area contributed by atoms with Crippen molar-refractivity contribution < 1.29 is 0 Å². The summed E-state index contributed by atoms with van der Waals surface area (Å²) in [5, 5.41) is 0. The molecule has 2 aromatic heterocycles. The molecule has 0 bridgehead atoms. The van der Waals surface area contributed by atoms with Crippen molar-refractivity contribution in [2.75, 3.05) is 18.0 Å². The predicted octanol–water partition coefficient (Wildman–Crippen LogP) is 3.73. The summed E-state index contributed by atoms with van der Waals surface area (Å²) in [5.74, 6) is 2.70. The highest BCUT2D eigenvalue weighted by Gasteiger charge is 2.44. The van der Waals surface area contributed by atoms with E-state index in [0.717, 1.165) is 55.4 Å². The van der Waals surface area contributed by atoms with E-state index in [-0.39, 0.29) is 5.41 Å². The topological polar surface area (TPSA) is 54.8 Å². The lowest BCUT2D eigenvalue weighted by molar-refractivity contribution is 0.333. The number of benzene rings is 1. The largest absolute Gasteiger partial charge is 0.356 e. The minimum absolute atomic E-state index is 0.110. The molecule has 1 aromatic carbocycles. The molecule has 5 heteroatoms. The molecule has 2 aliphatic rings. The minimum Gasteiger partial charge on any atom is -0.356 e. The third kappa shape index (κ3) is 2.87. The average molecular weight is 357 g/mol. The molecular formula is C22H23N5. The van der Waals surface area contributed by atoms with Gasteiger partial charge in [0, 0.05) is 36.5 Å². The van der Waals surface area contributed by atoms with Gasteiger partial charge in [-0.05, 0) is 44.2 Å². The minimum atomic E-state index is 0.110. The van der Waals surface area contributed by atoms with Crippen LogP contribution in [0.2, 0.25) is 0 Å². The van der Waals surface area contributed by atoms with Gasteiger partial charge in [-0.15, -0.1) is 0 Å². The van der Waals surface area contributed by atoms with Gasteiger partial charge in [0.1, 0.15) is 11.6 Å². The maximum atomic E-state index is 5.08. The molecule has 0 N–H and O–H groups in total. The van der Waals surface area contributed by atoms with Crippen LogP contribution in [0.3, 0.4) is 0 Å². The van der Waals surface area contributed by atoms with E-state index in [2.05, 4.69) is 32.0 Å². The molecule has 0 radical (unpaired) electrons. The number of nitrogens with zero attached hydrogens (tertiary/aromatic N) is 5. The van der Waals surface area contributed by atoms with Crippen LogP contribution < -0.4 is 4.90 Å². The molecule has 0 amide bonds. The molecule has 1 spiro atoms. The first-order valence-electron chi connectivity index (χ1n) is 9.70. The quantitative estimate of drug-likeness (QED) is 0.699. The van der Waals surface area contributed by atoms with Crippen molar-refractivity contribution in [1.82, 2.24) is 19.9 Å². The van der Waals surface area contributed by atoms with Crippen LogP contribution in [0, 0.1) is 6.92 Å². The second-order valence-electron chi connectivity index (χ2n) is 7.70. The third-order valence-corrected chi connectivity index (χ3v) is 5.93. The fraction of sp³-hybridized carbons (Fsp3) is 0.364. The zero-order chi connectivity index (χ0) is 18.3. The molecule has 1 atom stereocenters. The number of rotatable bonds is 2. The summed E-state index contributed by atoms with van der Waals surface area (Å²) in [5.41, 5.74) is 3.77. The summed E-state index contributed by atoms with van der Waals surface area (Å²) < 4.78 is 0. The molecule has 1 saturated heterocycles. The van der Waals surface area contributed by atoms with Crippen LogP contribution in [-0.2, 0) is 11.8 Å². The summed E-state index contributed by atoms with van der Waals surface area (Å²) in [7, 11) is 0. The number of anilines is 1. The van der Waals surface area contributed by atoms with Gasteiger partial charge in [0.25, 0.3) is 0 Å². The molecule has 1 aliphatic carbocycles. The van der Waals surface area contributed by atoms with Crippen LogP contribution in [-0.4, -0.2) is 33.0 Å². The van der Waals surface area contributed by atoms with Gasteiger partial charge >= 0.3 is 0 Å². The molecule has 3 aromatic rings. The highest BCUT2D eigenvalue weighted by atomic mass is 15.2. The molecule has 0 saturated carbocycles. The van der Waals surface area contributed by atoms with Crippen LogP contribution in [0.15, 0.2) is 48.8 Å². The number of aryl methyl sites for hydroxylation is 2. The summed E-state index contributed by atoms with van der Waals surface area (Å²) in [4.78, 5) is 21.0. The van der Waals surface area contributed by atoms with E-state index >= 15 is 0 Å². The lowest BCUT2D eigenvalue weighted by Crippen LogP contribution is -2.46. The summed E-state index contributed by atoms with van der Waals surface area (Å²) >= 11 is 0. The van der Waals surface area contributed by atoms with Crippen molar-refractivity contribution in [3.8, 4) is 11.4 Å². The number of piperidine rings is 1. The van der Waals surface area contributed by atoms with E-state index in [0.29, 0.717) is 0 Å². The number of aromatic nitrogens is 4. The predicted molar refractivity (Wildman–Crippen MR) is 106 cm³/mol. The first kappa shape index (κ1) is 16.4. The Morgan fingerprint density at radius 2 is 1.89 bits per heavy atom. The highest BCUT2D eigenvalue weighted by Crippen LogP contribution is 2.44. The third-order valence-electron chi connectivity index (χ3n) is 5.93. The molecule has 5 rings (SSSR count). The van der Waals surface area contributed by atoms with Crippen molar-refractivity contribution >= 4 is 5.82 Å². The van der Waals surface area contributed by atoms with Gasteiger partial charge in [0.2, 0.25) is 0 Å². The smallest absolute Gasteiger partial charge is 0.159 e. The van der Waals surface area contributed by atoms with Crippen LogP contribution >= 0.6 is 0 Å². The molecule has 1 aliphatic heterocycles. The Morgan fingerprint density at radius 1 is 1.00 bits per heavy atom. The fourth-order valence-electron chi connectivity index (χ4n) is 4.61. The van der Waals surface area contributed by atoms with Crippen molar-refractivity contribution in [3.05, 3.63) is 65.9 Å². The van der Waals surface area contributed by atoms with Gasteiger partial charge in [0.05, 0.1) is 5.69 Å². The van der Waals surface area contributed by atoms with E-state index in [1.807, 2.05) is 43.6 Å². The van der Waals surface area contributed by atoms with Crippen molar-refractivity contribution in [3.63, 3.8) is 0 Å².